The van der Waals surface area contributed by atoms with Crippen LogP contribution in [0.5, 0.6) is 17.6 Å². The van der Waals surface area contributed by atoms with Crippen LogP contribution in [-0.4, -0.2) is 23.7 Å². The van der Waals surface area contributed by atoms with Gasteiger partial charge >= 0.3 is 12.0 Å². The summed E-state index contributed by atoms with van der Waals surface area (Å²) in [5, 5.41) is 0. The number of aryl methyl sites for hydroxylation is 1. The summed E-state index contributed by atoms with van der Waals surface area (Å²) in [6, 6.07) is 12.6. The van der Waals surface area contributed by atoms with Crippen molar-refractivity contribution in [2.75, 3.05) is 6.61 Å². The van der Waals surface area contributed by atoms with Crippen molar-refractivity contribution in [2.24, 2.45) is 0 Å². The molecule has 3 rings (SSSR count). The van der Waals surface area contributed by atoms with Gasteiger partial charge in [-0.05, 0) is 62.7 Å². The minimum Gasteiger partial charge on any atom is -0.479 e. The number of nitrogens with zero attached hydrogens (tertiary/aromatic N) is 1. The summed E-state index contributed by atoms with van der Waals surface area (Å²) in [5.41, 5.74) is 2.52. The molecule has 0 aliphatic heterocycles. The number of aromatic nitrogens is 1. The Morgan fingerprint density at radius 3 is 2.60 bits per heavy atom. The van der Waals surface area contributed by atoms with E-state index < -0.39 is 12.1 Å². The Balaban J connectivity index is 1.66. The van der Waals surface area contributed by atoms with Crippen LogP contribution >= 0.6 is 0 Å². The maximum atomic E-state index is 11.6. The zero-order valence-electron chi connectivity index (χ0n) is 14.3. The van der Waals surface area contributed by atoms with Crippen LogP contribution in [0.3, 0.4) is 0 Å². The number of rotatable bonds is 6. The van der Waals surface area contributed by atoms with Crippen LogP contribution in [-0.2, 0) is 9.53 Å². The molecule has 0 amide bonds. The van der Waals surface area contributed by atoms with Crippen molar-refractivity contribution < 1.29 is 23.4 Å². The summed E-state index contributed by atoms with van der Waals surface area (Å²) in [6.45, 7) is 5.71. The molecule has 6 heteroatoms. The van der Waals surface area contributed by atoms with Gasteiger partial charge in [0.25, 0.3) is 0 Å². The number of hydrogen-bond acceptors (Lipinski definition) is 6. The first kappa shape index (κ1) is 16.8. The van der Waals surface area contributed by atoms with Crippen LogP contribution in [0, 0.1) is 6.92 Å². The van der Waals surface area contributed by atoms with E-state index in [0.29, 0.717) is 23.7 Å². The Labute approximate surface area is 145 Å². The molecule has 25 heavy (non-hydrogen) atoms. The van der Waals surface area contributed by atoms with Crippen molar-refractivity contribution in [1.82, 2.24) is 4.98 Å². The second-order valence-electron chi connectivity index (χ2n) is 5.54. The summed E-state index contributed by atoms with van der Waals surface area (Å²) in [5.74, 6) is 0.699. The van der Waals surface area contributed by atoms with E-state index in [1.807, 2.05) is 25.1 Å². The summed E-state index contributed by atoms with van der Waals surface area (Å²) in [6.07, 6.45) is -0.499. The van der Waals surface area contributed by atoms with E-state index in [-0.39, 0.29) is 6.08 Å². The van der Waals surface area contributed by atoms with Gasteiger partial charge in [-0.3, -0.25) is 0 Å². The van der Waals surface area contributed by atoms with Crippen molar-refractivity contribution in [1.29, 1.82) is 0 Å². The van der Waals surface area contributed by atoms with Crippen molar-refractivity contribution >= 4 is 17.1 Å². The van der Waals surface area contributed by atoms with Gasteiger partial charge in [0.1, 0.15) is 17.0 Å². The third kappa shape index (κ3) is 4.09. The normalized spacial score (nSPS) is 12.0. The highest BCUT2D eigenvalue weighted by molar-refractivity contribution is 5.74. The van der Waals surface area contributed by atoms with Gasteiger partial charge in [0.15, 0.2) is 11.7 Å². The van der Waals surface area contributed by atoms with Gasteiger partial charge in [0, 0.05) is 0 Å². The number of esters is 1. The fourth-order valence-electron chi connectivity index (χ4n) is 2.26. The number of ether oxygens (including phenoxy) is 3. The molecule has 130 valence electrons. The van der Waals surface area contributed by atoms with Gasteiger partial charge in [-0.15, -0.1) is 0 Å². The molecule has 0 fully saturated rings. The lowest BCUT2D eigenvalue weighted by Gasteiger charge is -2.13. The molecule has 6 nitrogen and oxygen atoms in total. The van der Waals surface area contributed by atoms with Crippen molar-refractivity contribution in [3.8, 4) is 17.6 Å². The Kier molecular flexibility index (Phi) is 4.88. The molecule has 1 atom stereocenters. The quantitative estimate of drug-likeness (QED) is 0.624. The highest BCUT2D eigenvalue weighted by Crippen LogP contribution is 2.27. The third-order valence-electron chi connectivity index (χ3n) is 3.48. The molecule has 0 saturated heterocycles. The molecule has 1 aromatic heterocycles. The monoisotopic (exact) mass is 341 g/mol. The van der Waals surface area contributed by atoms with E-state index in [1.54, 1.807) is 38.1 Å². The number of carbonyl (C=O) groups excluding carboxylic acids is 1. The topological polar surface area (TPSA) is 70.8 Å². The van der Waals surface area contributed by atoms with E-state index in [9.17, 15) is 4.79 Å². The van der Waals surface area contributed by atoms with Gasteiger partial charge in [-0.1, -0.05) is 6.07 Å². The van der Waals surface area contributed by atoms with E-state index in [1.165, 1.54) is 0 Å². The molecule has 2 aromatic carbocycles. The largest absolute Gasteiger partial charge is 0.479 e. The van der Waals surface area contributed by atoms with E-state index in [4.69, 9.17) is 18.6 Å². The molecule has 1 unspecified atom stereocenters. The number of oxazole rings is 1. The lowest BCUT2D eigenvalue weighted by Crippen LogP contribution is -2.25. The SMILES string of the molecule is CCOC(=O)C(C)Oc1ccc(Oc2nc3cc(C)ccc3o2)cc1. The van der Waals surface area contributed by atoms with Gasteiger partial charge in [-0.2, -0.15) is 4.98 Å². The molecule has 3 aromatic rings. The molecule has 0 spiro atoms. The van der Waals surface area contributed by atoms with Crippen LogP contribution in [0.2, 0.25) is 0 Å². The summed E-state index contributed by atoms with van der Waals surface area (Å²) in [7, 11) is 0. The van der Waals surface area contributed by atoms with Crippen LogP contribution < -0.4 is 9.47 Å². The maximum Gasteiger partial charge on any atom is 0.400 e. The van der Waals surface area contributed by atoms with E-state index in [2.05, 4.69) is 4.98 Å². The lowest BCUT2D eigenvalue weighted by atomic mass is 10.2. The van der Waals surface area contributed by atoms with Crippen LogP contribution in [0.25, 0.3) is 11.1 Å². The smallest absolute Gasteiger partial charge is 0.400 e. The zero-order valence-corrected chi connectivity index (χ0v) is 14.3. The van der Waals surface area contributed by atoms with Crippen molar-refractivity contribution in [2.45, 2.75) is 26.9 Å². The van der Waals surface area contributed by atoms with Crippen LogP contribution in [0.15, 0.2) is 46.9 Å². The molecular formula is C19H19NO5. The first-order valence-corrected chi connectivity index (χ1v) is 8.03. The van der Waals surface area contributed by atoms with Crippen LogP contribution in [0.4, 0.5) is 0 Å². The minimum absolute atomic E-state index is 0.175. The predicted molar refractivity (Wildman–Crippen MR) is 92.0 cm³/mol. The van der Waals surface area contributed by atoms with E-state index >= 15 is 0 Å². The van der Waals surface area contributed by atoms with Crippen molar-refractivity contribution in [3.63, 3.8) is 0 Å². The summed E-state index contributed by atoms with van der Waals surface area (Å²) < 4.78 is 21.6. The first-order valence-electron chi connectivity index (χ1n) is 8.03. The second-order valence-corrected chi connectivity index (χ2v) is 5.54. The second kappa shape index (κ2) is 7.25. The number of carbonyl (C=O) groups is 1. The van der Waals surface area contributed by atoms with Gasteiger partial charge in [0.2, 0.25) is 0 Å². The van der Waals surface area contributed by atoms with Gasteiger partial charge in [0.05, 0.1) is 6.61 Å². The van der Waals surface area contributed by atoms with Crippen molar-refractivity contribution in [3.05, 3.63) is 48.0 Å². The molecule has 0 aliphatic rings. The lowest BCUT2D eigenvalue weighted by molar-refractivity contribution is -0.150. The number of fused-ring (bicyclic) bond motifs is 1. The molecule has 0 bridgehead atoms. The standard InChI is InChI=1S/C19H19NO5/c1-4-22-18(21)13(3)23-14-6-8-15(9-7-14)24-19-20-16-11-12(2)5-10-17(16)25-19/h5-11,13H,4H2,1-3H3. The summed E-state index contributed by atoms with van der Waals surface area (Å²) >= 11 is 0. The van der Waals surface area contributed by atoms with E-state index in [0.717, 1.165) is 11.1 Å². The fraction of sp³-hybridized carbons (Fsp3) is 0.263. The average Bonchev–Trinajstić information content (AvgIpc) is 2.98. The Morgan fingerprint density at radius 2 is 1.88 bits per heavy atom. The third-order valence-corrected chi connectivity index (χ3v) is 3.48. The molecule has 0 aliphatic carbocycles. The van der Waals surface area contributed by atoms with Gasteiger partial charge < -0.3 is 18.6 Å². The Morgan fingerprint density at radius 1 is 1.16 bits per heavy atom. The highest BCUT2D eigenvalue weighted by Gasteiger charge is 2.15. The van der Waals surface area contributed by atoms with Crippen LogP contribution in [0.1, 0.15) is 19.4 Å². The molecule has 1 heterocycles. The zero-order chi connectivity index (χ0) is 17.8. The molecule has 0 radical (unpaired) electrons. The number of hydrogen-bond donors (Lipinski definition) is 0. The maximum absolute atomic E-state index is 11.6. The molecule has 0 saturated carbocycles. The minimum atomic E-state index is -0.674. The fourth-order valence-corrected chi connectivity index (χ4v) is 2.26. The Hall–Kier alpha value is -3.02. The van der Waals surface area contributed by atoms with Gasteiger partial charge in [-0.25, -0.2) is 4.79 Å². The Bertz CT molecular complexity index is 869. The number of benzene rings is 2. The predicted octanol–water partition coefficient (Wildman–Crippen LogP) is 4.26. The average molecular weight is 341 g/mol. The molecular weight excluding hydrogens is 322 g/mol. The highest BCUT2D eigenvalue weighted by atomic mass is 16.6. The first-order chi connectivity index (χ1) is 12.0. The summed E-state index contributed by atoms with van der Waals surface area (Å²) in [4.78, 5) is 15.9. The molecule has 0 N–H and O–H groups in total.